The maximum absolute atomic E-state index is 10.4. The van der Waals surface area contributed by atoms with Crippen LogP contribution in [0.1, 0.15) is 7.85 Å². The van der Waals surface area contributed by atoms with Crippen molar-refractivity contribution in [3.63, 3.8) is 0 Å². The molecule has 2 unspecified atom stereocenters. The number of carbonyl (C=O) groups is 2. The molecule has 0 spiro atoms. The molecule has 3 N–H and O–H groups in total. The van der Waals surface area contributed by atoms with Crippen molar-refractivity contribution in [3.05, 3.63) is 0 Å². The van der Waals surface area contributed by atoms with Gasteiger partial charge in [-0.3, -0.25) is 9.59 Å². The average molecular weight is 183 g/mol. The summed E-state index contributed by atoms with van der Waals surface area (Å²) >= 11 is 0. The predicted octanol–water partition coefficient (Wildman–Crippen LogP) is -3.75. The fourth-order valence-corrected chi connectivity index (χ4v) is 1.23. The van der Waals surface area contributed by atoms with Crippen molar-refractivity contribution in [3.8, 4) is 0 Å². The fourth-order valence-electron chi connectivity index (χ4n) is 1.23. The van der Waals surface area contributed by atoms with Gasteiger partial charge in [0.05, 0.1) is 5.92 Å². The maximum atomic E-state index is 10.4. The predicted molar refractivity (Wildman–Crippen MR) is 36.3 cm³/mol. The van der Waals surface area contributed by atoms with Crippen molar-refractivity contribution >= 4 is 11.9 Å². The molecule has 0 bridgehead atoms. The summed E-state index contributed by atoms with van der Waals surface area (Å²) in [4.78, 5) is 20.8. The molecule has 0 amide bonds. The molecule has 1 heterocycles. The van der Waals surface area contributed by atoms with E-state index in [1.54, 1.807) is 0 Å². The zero-order valence-corrected chi connectivity index (χ0v) is 8.78. The summed E-state index contributed by atoms with van der Waals surface area (Å²) < 4.78 is 0. The Bertz CT molecular complexity index is 181. The van der Waals surface area contributed by atoms with Gasteiger partial charge in [0.25, 0.3) is 0 Å². The van der Waals surface area contributed by atoms with Crippen LogP contribution in [0.4, 0.5) is 0 Å². The number of carboxylic acids is 2. The van der Waals surface area contributed by atoms with E-state index in [1.165, 1.54) is 0 Å². The summed E-state index contributed by atoms with van der Waals surface area (Å²) in [5.74, 6) is -2.90. The van der Waals surface area contributed by atoms with Gasteiger partial charge in [-0.2, -0.15) is 0 Å². The van der Waals surface area contributed by atoms with Crippen LogP contribution in [-0.4, -0.2) is 34.7 Å². The Morgan fingerprint density at radius 1 is 1.33 bits per heavy atom. The minimum absolute atomic E-state index is 0. The third kappa shape index (κ3) is 2.45. The number of carboxylic acid groups (broad SMARTS) is 2. The van der Waals surface area contributed by atoms with Gasteiger partial charge in [-0.1, -0.05) is 0 Å². The molecule has 12 heavy (non-hydrogen) atoms. The van der Waals surface area contributed by atoms with Crippen molar-refractivity contribution in [1.29, 1.82) is 0 Å². The quantitative estimate of drug-likeness (QED) is 0.383. The summed E-state index contributed by atoms with van der Waals surface area (Å²) in [6.45, 7) is 0.466. The first-order valence-corrected chi connectivity index (χ1v) is 3.32. The third-order valence-corrected chi connectivity index (χ3v) is 1.81. The van der Waals surface area contributed by atoms with Gasteiger partial charge in [-0.15, -0.1) is 0 Å². The molecule has 0 saturated carbocycles. The van der Waals surface area contributed by atoms with Gasteiger partial charge >= 0.3 is 41.5 Å². The molecule has 1 saturated heterocycles. The topological polar surface area (TPSA) is 86.6 Å². The zero-order valence-electron chi connectivity index (χ0n) is 7.78. The Labute approximate surface area is 92.9 Å². The first-order valence-electron chi connectivity index (χ1n) is 3.32. The van der Waals surface area contributed by atoms with Crippen LogP contribution in [0.15, 0.2) is 0 Å². The van der Waals surface area contributed by atoms with E-state index in [9.17, 15) is 9.59 Å². The van der Waals surface area contributed by atoms with E-state index < -0.39 is 23.9 Å². The van der Waals surface area contributed by atoms with E-state index in [-0.39, 0.29) is 31.0 Å². The van der Waals surface area contributed by atoms with Crippen LogP contribution in [0, 0.1) is 5.92 Å². The first kappa shape index (κ1) is 11.9. The number of rotatable bonds is 2. The molecule has 1 aliphatic rings. The molecule has 1 fully saturated rings. The van der Waals surface area contributed by atoms with Crippen LogP contribution in [0.5, 0.6) is 0 Å². The summed E-state index contributed by atoms with van der Waals surface area (Å²) in [6, 6.07) is -0.910. The molecule has 2 atom stereocenters. The molecule has 5 nitrogen and oxygen atoms in total. The van der Waals surface area contributed by atoms with E-state index in [0.717, 1.165) is 0 Å². The van der Waals surface area contributed by atoms with Crippen LogP contribution >= 0.6 is 0 Å². The average Bonchev–Trinajstić information content (AvgIpc) is 2.32. The van der Waals surface area contributed by atoms with Gasteiger partial charge < -0.3 is 17.0 Å². The molecular formula is C6H10NNaO4. The van der Waals surface area contributed by atoms with Crippen LogP contribution in [-0.2, 0) is 9.59 Å². The van der Waals surface area contributed by atoms with E-state index >= 15 is 0 Å². The van der Waals surface area contributed by atoms with Gasteiger partial charge in [-0.05, 0) is 13.0 Å². The van der Waals surface area contributed by atoms with Crippen molar-refractivity contribution in [2.75, 3.05) is 6.54 Å². The SMILES string of the molecule is O=C(O)C1CCNC1C(=O)O.[H-].[Na+]. The van der Waals surface area contributed by atoms with Crippen molar-refractivity contribution in [1.82, 2.24) is 5.32 Å². The smallest absolute Gasteiger partial charge is 1.00 e. The normalized spacial score (nSPS) is 27.7. The van der Waals surface area contributed by atoms with Crippen molar-refractivity contribution in [2.45, 2.75) is 12.5 Å². The van der Waals surface area contributed by atoms with E-state index in [0.29, 0.717) is 13.0 Å². The Kier molecular flexibility index (Phi) is 4.77. The first-order chi connectivity index (χ1) is 5.13. The molecule has 0 aromatic rings. The minimum Gasteiger partial charge on any atom is -1.00 e. The summed E-state index contributed by atoms with van der Waals surface area (Å²) in [7, 11) is 0. The standard InChI is InChI=1S/C6H9NO4.Na.H/c8-5(9)3-1-2-7-4(3)6(10)11;;/h3-4,7H,1-2H2,(H,8,9)(H,10,11);;/q;+1;-1. The van der Waals surface area contributed by atoms with Crippen molar-refractivity contribution in [2.24, 2.45) is 5.92 Å². The minimum atomic E-state index is -1.09. The van der Waals surface area contributed by atoms with E-state index in [4.69, 9.17) is 10.2 Å². The third-order valence-electron chi connectivity index (χ3n) is 1.81. The number of hydrogen-bond donors (Lipinski definition) is 3. The number of aliphatic carboxylic acids is 2. The van der Waals surface area contributed by atoms with Crippen LogP contribution in [0.3, 0.4) is 0 Å². The Balaban J connectivity index is 0. The van der Waals surface area contributed by atoms with Gasteiger partial charge in [0.1, 0.15) is 6.04 Å². The van der Waals surface area contributed by atoms with Crippen LogP contribution < -0.4 is 34.9 Å². The van der Waals surface area contributed by atoms with Gasteiger partial charge in [0, 0.05) is 0 Å². The monoisotopic (exact) mass is 183 g/mol. The fraction of sp³-hybridized carbons (Fsp3) is 0.667. The second kappa shape index (κ2) is 4.81. The molecule has 1 rings (SSSR count). The van der Waals surface area contributed by atoms with Crippen molar-refractivity contribution < 1.29 is 50.8 Å². The second-order valence-corrected chi connectivity index (χ2v) is 2.50. The maximum Gasteiger partial charge on any atom is 1.00 e. The summed E-state index contributed by atoms with van der Waals surface area (Å²) in [5.41, 5.74) is 0. The van der Waals surface area contributed by atoms with Gasteiger partial charge in [0.15, 0.2) is 0 Å². The number of hydrogen-bond acceptors (Lipinski definition) is 3. The second-order valence-electron chi connectivity index (χ2n) is 2.50. The molecular weight excluding hydrogens is 173 g/mol. The molecule has 1 aliphatic heterocycles. The summed E-state index contributed by atoms with van der Waals surface area (Å²) in [5, 5.41) is 19.6. The van der Waals surface area contributed by atoms with Gasteiger partial charge in [0.2, 0.25) is 0 Å². The molecule has 0 aliphatic carbocycles. The van der Waals surface area contributed by atoms with Crippen LogP contribution in [0.2, 0.25) is 0 Å². The van der Waals surface area contributed by atoms with Gasteiger partial charge in [-0.25, -0.2) is 0 Å². The molecule has 0 aromatic carbocycles. The largest absolute Gasteiger partial charge is 1.00 e. The number of nitrogens with one attached hydrogen (secondary N) is 1. The van der Waals surface area contributed by atoms with E-state index in [2.05, 4.69) is 5.32 Å². The molecule has 0 aromatic heterocycles. The molecule has 0 radical (unpaired) electrons. The van der Waals surface area contributed by atoms with E-state index in [1.807, 2.05) is 0 Å². The van der Waals surface area contributed by atoms with Crippen LogP contribution in [0.25, 0.3) is 0 Å². The zero-order chi connectivity index (χ0) is 8.43. The molecule has 64 valence electrons. The Morgan fingerprint density at radius 2 is 1.92 bits per heavy atom. The molecule has 6 heteroatoms. The Hall–Kier alpha value is -0.100. The Morgan fingerprint density at radius 3 is 2.25 bits per heavy atom. The summed E-state index contributed by atoms with van der Waals surface area (Å²) in [6.07, 6.45) is 0.395.